The third-order valence-electron chi connectivity index (χ3n) is 5.66. The Morgan fingerprint density at radius 2 is 1.81 bits per heavy atom. The number of amides is 1. The van der Waals surface area contributed by atoms with Crippen molar-refractivity contribution in [1.29, 1.82) is 0 Å². The summed E-state index contributed by atoms with van der Waals surface area (Å²) in [4.78, 5) is 24.8. The van der Waals surface area contributed by atoms with Gasteiger partial charge in [-0.25, -0.2) is 0 Å². The van der Waals surface area contributed by atoms with Crippen molar-refractivity contribution in [1.82, 2.24) is 0 Å². The molecule has 1 aliphatic heterocycles. The van der Waals surface area contributed by atoms with Gasteiger partial charge in [0.1, 0.15) is 12.3 Å². The summed E-state index contributed by atoms with van der Waals surface area (Å²) in [5.41, 5.74) is 10.1. The zero-order chi connectivity index (χ0) is 19.6. The Balaban J connectivity index is 1.84. The predicted octanol–water partition coefficient (Wildman–Crippen LogP) is 3.32. The molecule has 27 heavy (non-hydrogen) atoms. The van der Waals surface area contributed by atoms with E-state index in [2.05, 4.69) is 20.0 Å². The molecular weight excluding hydrogens is 360 g/mol. The van der Waals surface area contributed by atoms with Gasteiger partial charge in [0.25, 0.3) is 0 Å². The number of fused-ring (bicyclic) bond motifs is 1. The van der Waals surface area contributed by atoms with E-state index in [1.165, 1.54) is 5.56 Å². The molecule has 2 aromatic rings. The maximum atomic E-state index is 12.6. The van der Waals surface area contributed by atoms with Crippen LogP contribution in [0.25, 0.3) is 0 Å². The molecule has 1 atom stereocenters. The van der Waals surface area contributed by atoms with E-state index in [0.717, 1.165) is 47.2 Å². The largest absolute Gasteiger partial charge is 0.366 e. The number of benzene rings is 2. The maximum Gasteiger partial charge on any atom is 0.249 e. The molecular formula is C22H26ClN2O2+. The molecule has 3 rings (SSSR count). The lowest BCUT2D eigenvalue weighted by Gasteiger charge is -2.38. The number of likely N-dealkylation sites (N-methyl/N-ethyl adjacent to an activating group) is 1. The van der Waals surface area contributed by atoms with Crippen molar-refractivity contribution in [2.24, 2.45) is 5.73 Å². The van der Waals surface area contributed by atoms with Gasteiger partial charge in [-0.1, -0.05) is 35.9 Å². The molecule has 4 nitrogen and oxygen atoms in total. The van der Waals surface area contributed by atoms with Crippen LogP contribution in [0.2, 0.25) is 5.02 Å². The highest BCUT2D eigenvalue weighted by atomic mass is 35.5. The summed E-state index contributed by atoms with van der Waals surface area (Å²) in [6, 6.07) is 11.2. The van der Waals surface area contributed by atoms with Crippen LogP contribution in [0.3, 0.4) is 0 Å². The molecule has 1 aliphatic rings. The smallest absolute Gasteiger partial charge is 0.249 e. The summed E-state index contributed by atoms with van der Waals surface area (Å²) in [6.07, 6.45) is 1.35. The predicted molar refractivity (Wildman–Crippen MR) is 108 cm³/mol. The van der Waals surface area contributed by atoms with Crippen LogP contribution in [0.15, 0.2) is 36.4 Å². The number of hydrogen-bond donors (Lipinski definition) is 1. The van der Waals surface area contributed by atoms with Crippen LogP contribution in [0.5, 0.6) is 0 Å². The van der Waals surface area contributed by atoms with E-state index in [1.54, 1.807) is 12.1 Å². The van der Waals surface area contributed by atoms with E-state index >= 15 is 0 Å². The molecule has 2 N–H and O–H groups in total. The topological polar surface area (TPSA) is 60.2 Å². The molecule has 0 fully saturated rings. The van der Waals surface area contributed by atoms with Gasteiger partial charge < -0.3 is 10.2 Å². The van der Waals surface area contributed by atoms with E-state index in [1.807, 2.05) is 18.2 Å². The highest BCUT2D eigenvalue weighted by molar-refractivity contribution is 6.30. The second-order valence-corrected chi connectivity index (χ2v) is 8.12. The third-order valence-corrected chi connectivity index (χ3v) is 5.91. The second kappa shape index (κ2) is 7.83. The van der Waals surface area contributed by atoms with Crippen molar-refractivity contribution >= 4 is 23.3 Å². The third kappa shape index (κ3) is 4.40. The molecule has 1 heterocycles. The minimum Gasteiger partial charge on any atom is -0.366 e. The summed E-state index contributed by atoms with van der Waals surface area (Å²) < 4.78 is 0.958. The molecule has 0 spiro atoms. The fraction of sp³-hybridized carbons (Fsp3) is 0.364. The lowest BCUT2D eigenvalue weighted by molar-refractivity contribution is -0.922. The number of halogens is 1. The number of rotatable bonds is 6. The Morgan fingerprint density at radius 1 is 1.11 bits per heavy atom. The SMILES string of the molecule is CC[N+]1(C)CCc2c(ccc(CC(=O)Cc3ccc(Cl)cc3)c2C(N)=O)C1. The first kappa shape index (κ1) is 19.6. The number of carbonyl (C=O) groups excluding carboxylic acids is 2. The number of primary amides is 1. The van der Waals surface area contributed by atoms with E-state index in [0.29, 0.717) is 17.0 Å². The van der Waals surface area contributed by atoms with Gasteiger partial charge in [0.15, 0.2) is 0 Å². The van der Waals surface area contributed by atoms with Crippen LogP contribution >= 0.6 is 11.6 Å². The van der Waals surface area contributed by atoms with Gasteiger partial charge in [0.2, 0.25) is 5.91 Å². The first-order valence-corrected chi connectivity index (χ1v) is 9.72. The van der Waals surface area contributed by atoms with Crippen molar-refractivity contribution in [2.75, 3.05) is 20.1 Å². The van der Waals surface area contributed by atoms with Gasteiger partial charge in [-0.2, -0.15) is 0 Å². The van der Waals surface area contributed by atoms with Crippen molar-refractivity contribution in [3.05, 3.63) is 69.2 Å². The second-order valence-electron chi connectivity index (χ2n) is 7.69. The molecule has 0 bridgehead atoms. The monoisotopic (exact) mass is 385 g/mol. The van der Waals surface area contributed by atoms with Gasteiger partial charge in [-0.15, -0.1) is 0 Å². The summed E-state index contributed by atoms with van der Waals surface area (Å²) in [5.74, 6) is -0.376. The summed E-state index contributed by atoms with van der Waals surface area (Å²) in [5, 5.41) is 0.648. The number of Topliss-reactive ketones (excluding diaryl/α,β-unsaturated/α-hetero) is 1. The number of ketones is 1. The zero-order valence-electron chi connectivity index (χ0n) is 15.9. The van der Waals surface area contributed by atoms with Crippen LogP contribution in [0, 0.1) is 0 Å². The number of hydrogen-bond acceptors (Lipinski definition) is 2. The maximum absolute atomic E-state index is 12.6. The van der Waals surface area contributed by atoms with Crippen molar-refractivity contribution < 1.29 is 14.1 Å². The van der Waals surface area contributed by atoms with E-state index in [-0.39, 0.29) is 12.2 Å². The fourth-order valence-electron chi connectivity index (χ4n) is 3.87. The normalized spacial score (nSPS) is 18.8. The van der Waals surface area contributed by atoms with E-state index in [4.69, 9.17) is 17.3 Å². The van der Waals surface area contributed by atoms with Crippen molar-refractivity contribution in [3.8, 4) is 0 Å². The van der Waals surface area contributed by atoms with Crippen LogP contribution in [0.1, 0.15) is 39.5 Å². The first-order chi connectivity index (χ1) is 12.8. The van der Waals surface area contributed by atoms with E-state index in [9.17, 15) is 9.59 Å². The van der Waals surface area contributed by atoms with Crippen LogP contribution in [-0.2, 0) is 30.6 Å². The molecule has 1 unspecified atom stereocenters. The molecule has 2 aromatic carbocycles. The Morgan fingerprint density at radius 3 is 2.44 bits per heavy atom. The molecule has 0 saturated heterocycles. The van der Waals surface area contributed by atoms with Gasteiger partial charge in [0.05, 0.1) is 20.1 Å². The van der Waals surface area contributed by atoms with Crippen LogP contribution < -0.4 is 5.73 Å². The lowest BCUT2D eigenvalue weighted by atomic mass is 9.87. The fourth-order valence-corrected chi connectivity index (χ4v) is 4.00. The molecule has 0 aliphatic carbocycles. The minimum absolute atomic E-state index is 0.0600. The number of carbonyl (C=O) groups is 2. The summed E-state index contributed by atoms with van der Waals surface area (Å²) in [7, 11) is 2.23. The average Bonchev–Trinajstić information content (AvgIpc) is 2.63. The molecule has 0 radical (unpaired) electrons. The van der Waals surface area contributed by atoms with Gasteiger partial charge >= 0.3 is 0 Å². The number of nitrogens with two attached hydrogens (primary N) is 1. The quantitative estimate of drug-likeness (QED) is 0.775. The van der Waals surface area contributed by atoms with Gasteiger partial charge in [-0.3, -0.25) is 9.59 Å². The summed E-state index contributed by atoms with van der Waals surface area (Å²) >= 11 is 5.89. The van der Waals surface area contributed by atoms with E-state index < -0.39 is 5.91 Å². The Labute approximate surface area is 165 Å². The highest BCUT2D eigenvalue weighted by Gasteiger charge is 2.30. The molecule has 5 heteroatoms. The molecule has 0 aromatic heterocycles. The van der Waals surface area contributed by atoms with Crippen LogP contribution in [-0.4, -0.2) is 36.3 Å². The van der Waals surface area contributed by atoms with Crippen molar-refractivity contribution in [3.63, 3.8) is 0 Å². The molecule has 1 amide bonds. The zero-order valence-corrected chi connectivity index (χ0v) is 16.7. The number of quaternary nitrogens is 1. The highest BCUT2D eigenvalue weighted by Crippen LogP contribution is 2.29. The molecule has 142 valence electrons. The number of nitrogens with zero attached hydrogens (tertiary/aromatic N) is 1. The van der Waals surface area contributed by atoms with Gasteiger partial charge in [-0.05, 0) is 35.7 Å². The lowest BCUT2D eigenvalue weighted by Crippen LogP contribution is -2.47. The van der Waals surface area contributed by atoms with Crippen molar-refractivity contribution in [2.45, 2.75) is 32.7 Å². The Hall–Kier alpha value is -2.17. The first-order valence-electron chi connectivity index (χ1n) is 9.34. The standard InChI is InChI=1S/C22H25ClN2O2/c1-3-25(2)11-10-20-17(14-25)7-6-16(21(20)22(24)27)13-19(26)12-15-4-8-18(23)9-5-15/h4-9H,3,10-14H2,1-2H3,(H-,24,27)/p+1. The van der Waals surface area contributed by atoms with Gasteiger partial charge in [0, 0.05) is 35.4 Å². The average molecular weight is 386 g/mol. The molecule has 0 saturated carbocycles. The summed E-state index contributed by atoms with van der Waals surface area (Å²) in [6.45, 7) is 5.10. The van der Waals surface area contributed by atoms with Crippen LogP contribution in [0.4, 0.5) is 0 Å². The minimum atomic E-state index is -0.436. The Bertz CT molecular complexity index is 877. The Kier molecular flexibility index (Phi) is 5.68.